The second-order valence-electron chi connectivity index (χ2n) is 4.46. The SMILES string of the molecule is N#Cc1ccc(CC(C(=O)O)c2cccc(Cl)c2)cc1. The van der Waals surface area contributed by atoms with Crippen LogP contribution in [0.1, 0.15) is 22.6 Å². The normalized spacial score (nSPS) is 11.6. The maximum absolute atomic E-state index is 11.4. The molecule has 2 rings (SSSR count). The predicted molar refractivity (Wildman–Crippen MR) is 76.7 cm³/mol. The molecule has 0 aliphatic heterocycles. The summed E-state index contributed by atoms with van der Waals surface area (Å²) in [6.07, 6.45) is 0.362. The minimum absolute atomic E-state index is 0.362. The fraction of sp³-hybridized carbons (Fsp3) is 0.125. The van der Waals surface area contributed by atoms with Gasteiger partial charge in [-0.15, -0.1) is 0 Å². The molecular formula is C16H12ClNO2. The molecule has 0 spiro atoms. The van der Waals surface area contributed by atoms with Crippen LogP contribution in [0.15, 0.2) is 48.5 Å². The molecule has 2 aromatic rings. The van der Waals surface area contributed by atoms with Gasteiger partial charge in [0.25, 0.3) is 0 Å². The van der Waals surface area contributed by atoms with Crippen molar-refractivity contribution in [3.8, 4) is 6.07 Å². The monoisotopic (exact) mass is 285 g/mol. The minimum Gasteiger partial charge on any atom is -0.481 e. The third kappa shape index (κ3) is 3.37. The highest BCUT2D eigenvalue weighted by atomic mass is 35.5. The average molecular weight is 286 g/mol. The maximum atomic E-state index is 11.4. The van der Waals surface area contributed by atoms with Crippen LogP contribution in [0.4, 0.5) is 0 Å². The van der Waals surface area contributed by atoms with Crippen molar-refractivity contribution < 1.29 is 9.90 Å². The number of halogens is 1. The topological polar surface area (TPSA) is 61.1 Å². The Labute approximate surface area is 122 Å². The van der Waals surface area contributed by atoms with E-state index in [1.165, 1.54) is 0 Å². The zero-order chi connectivity index (χ0) is 14.5. The first-order chi connectivity index (χ1) is 9.60. The van der Waals surface area contributed by atoms with E-state index in [4.69, 9.17) is 16.9 Å². The summed E-state index contributed by atoms with van der Waals surface area (Å²) < 4.78 is 0. The van der Waals surface area contributed by atoms with E-state index in [0.29, 0.717) is 22.6 Å². The fourth-order valence-electron chi connectivity index (χ4n) is 2.02. The lowest BCUT2D eigenvalue weighted by Crippen LogP contribution is -2.14. The summed E-state index contributed by atoms with van der Waals surface area (Å²) in [4.78, 5) is 11.4. The van der Waals surface area contributed by atoms with Gasteiger partial charge in [-0.3, -0.25) is 4.79 Å². The van der Waals surface area contributed by atoms with Crippen molar-refractivity contribution in [2.45, 2.75) is 12.3 Å². The van der Waals surface area contributed by atoms with E-state index in [2.05, 4.69) is 0 Å². The van der Waals surface area contributed by atoms with Gasteiger partial charge in [0, 0.05) is 5.02 Å². The van der Waals surface area contributed by atoms with Gasteiger partial charge < -0.3 is 5.11 Å². The van der Waals surface area contributed by atoms with Crippen LogP contribution in [-0.2, 0) is 11.2 Å². The lowest BCUT2D eigenvalue weighted by Gasteiger charge is -2.13. The van der Waals surface area contributed by atoms with Crippen molar-refractivity contribution in [3.63, 3.8) is 0 Å². The largest absolute Gasteiger partial charge is 0.481 e. The molecule has 0 fully saturated rings. The lowest BCUT2D eigenvalue weighted by molar-refractivity contribution is -0.138. The molecule has 4 heteroatoms. The number of rotatable bonds is 4. The first-order valence-electron chi connectivity index (χ1n) is 6.07. The summed E-state index contributed by atoms with van der Waals surface area (Å²) in [5.74, 6) is -1.54. The standard InChI is InChI=1S/C16H12ClNO2/c17-14-3-1-2-13(9-14)15(16(19)20)8-11-4-6-12(10-18)7-5-11/h1-7,9,15H,8H2,(H,19,20). The highest BCUT2D eigenvalue weighted by Crippen LogP contribution is 2.24. The highest BCUT2D eigenvalue weighted by molar-refractivity contribution is 6.30. The Kier molecular flexibility index (Phi) is 4.39. The Hall–Kier alpha value is -2.31. The number of aliphatic carboxylic acids is 1. The van der Waals surface area contributed by atoms with Crippen LogP contribution in [0.2, 0.25) is 5.02 Å². The summed E-state index contributed by atoms with van der Waals surface area (Å²) in [6, 6.07) is 15.8. The molecule has 3 nitrogen and oxygen atoms in total. The number of hydrogen-bond acceptors (Lipinski definition) is 2. The molecule has 1 atom stereocenters. The van der Waals surface area contributed by atoms with Gasteiger partial charge in [-0.1, -0.05) is 35.9 Å². The predicted octanol–water partition coefficient (Wildman–Crippen LogP) is 3.62. The van der Waals surface area contributed by atoms with Crippen LogP contribution in [0.3, 0.4) is 0 Å². The molecule has 1 unspecified atom stereocenters. The number of benzene rings is 2. The first-order valence-corrected chi connectivity index (χ1v) is 6.45. The van der Waals surface area contributed by atoms with Crippen molar-refractivity contribution >= 4 is 17.6 Å². The molecule has 0 radical (unpaired) electrons. The number of nitriles is 1. The maximum Gasteiger partial charge on any atom is 0.311 e. The smallest absolute Gasteiger partial charge is 0.311 e. The first kappa shape index (κ1) is 14.1. The van der Waals surface area contributed by atoms with Crippen molar-refractivity contribution in [2.24, 2.45) is 0 Å². The Balaban J connectivity index is 2.26. The van der Waals surface area contributed by atoms with Crippen LogP contribution in [0, 0.1) is 11.3 Å². The Morgan fingerprint density at radius 1 is 1.25 bits per heavy atom. The minimum atomic E-state index is -0.892. The fourth-order valence-corrected chi connectivity index (χ4v) is 2.22. The molecule has 1 N–H and O–H groups in total. The summed E-state index contributed by atoms with van der Waals surface area (Å²) in [6.45, 7) is 0. The van der Waals surface area contributed by atoms with Gasteiger partial charge in [-0.25, -0.2) is 0 Å². The van der Waals surface area contributed by atoms with Crippen LogP contribution in [-0.4, -0.2) is 11.1 Å². The van der Waals surface area contributed by atoms with E-state index in [1.807, 2.05) is 6.07 Å². The van der Waals surface area contributed by atoms with Gasteiger partial charge in [-0.05, 0) is 41.8 Å². The number of hydrogen-bond donors (Lipinski definition) is 1. The number of carboxylic acid groups (broad SMARTS) is 1. The second-order valence-corrected chi connectivity index (χ2v) is 4.90. The molecule has 0 heterocycles. The molecule has 0 aliphatic rings. The van der Waals surface area contributed by atoms with Gasteiger partial charge in [0.15, 0.2) is 0 Å². The Bertz CT molecular complexity index is 659. The zero-order valence-corrected chi connectivity index (χ0v) is 11.3. The number of carboxylic acids is 1. The molecule has 0 saturated carbocycles. The Morgan fingerprint density at radius 3 is 2.50 bits per heavy atom. The van der Waals surface area contributed by atoms with Gasteiger partial charge in [0.2, 0.25) is 0 Å². The van der Waals surface area contributed by atoms with Gasteiger partial charge in [0.05, 0.1) is 17.6 Å². The number of nitrogens with zero attached hydrogens (tertiary/aromatic N) is 1. The highest BCUT2D eigenvalue weighted by Gasteiger charge is 2.20. The van der Waals surface area contributed by atoms with Crippen LogP contribution >= 0.6 is 11.6 Å². The third-order valence-corrected chi connectivity index (χ3v) is 3.31. The molecule has 20 heavy (non-hydrogen) atoms. The van der Waals surface area contributed by atoms with E-state index in [0.717, 1.165) is 5.56 Å². The van der Waals surface area contributed by atoms with E-state index in [-0.39, 0.29) is 0 Å². The number of carbonyl (C=O) groups is 1. The lowest BCUT2D eigenvalue weighted by atomic mass is 9.92. The van der Waals surface area contributed by atoms with Crippen molar-refractivity contribution in [3.05, 3.63) is 70.2 Å². The molecular weight excluding hydrogens is 274 g/mol. The van der Waals surface area contributed by atoms with E-state index in [1.54, 1.807) is 48.5 Å². The average Bonchev–Trinajstić information content (AvgIpc) is 2.45. The molecule has 0 bridgehead atoms. The van der Waals surface area contributed by atoms with Crippen molar-refractivity contribution in [1.29, 1.82) is 5.26 Å². The molecule has 2 aromatic carbocycles. The van der Waals surface area contributed by atoms with E-state index < -0.39 is 11.9 Å². The van der Waals surface area contributed by atoms with Crippen LogP contribution in [0.5, 0.6) is 0 Å². The van der Waals surface area contributed by atoms with Crippen molar-refractivity contribution in [2.75, 3.05) is 0 Å². The van der Waals surface area contributed by atoms with E-state index >= 15 is 0 Å². The quantitative estimate of drug-likeness (QED) is 0.933. The molecule has 0 amide bonds. The molecule has 100 valence electrons. The molecule has 0 aliphatic carbocycles. The van der Waals surface area contributed by atoms with Crippen molar-refractivity contribution in [1.82, 2.24) is 0 Å². The Morgan fingerprint density at radius 2 is 1.95 bits per heavy atom. The third-order valence-electron chi connectivity index (χ3n) is 3.07. The van der Waals surface area contributed by atoms with Gasteiger partial charge in [0.1, 0.15) is 0 Å². The van der Waals surface area contributed by atoms with E-state index in [9.17, 15) is 9.90 Å². The molecule has 0 saturated heterocycles. The summed E-state index contributed by atoms with van der Waals surface area (Å²) >= 11 is 5.91. The summed E-state index contributed by atoms with van der Waals surface area (Å²) in [5.41, 5.74) is 2.11. The summed E-state index contributed by atoms with van der Waals surface area (Å²) in [5, 5.41) is 18.7. The zero-order valence-electron chi connectivity index (χ0n) is 10.6. The van der Waals surface area contributed by atoms with Gasteiger partial charge in [-0.2, -0.15) is 5.26 Å². The van der Waals surface area contributed by atoms with Gasteiger partial charge >= 0.3 is 5.97 Å². The second kappa shape index (κ2) is 6.23. The van der Waals surface area contributed by atoms with Crippen LogP contribution in [0.25, 0.3) is 0 Å². The molecule has 0 aromatic heterocycles. The summed E-state index contributed by atoms with van der Waals surface area (Å²) in [7, 11) is 0. The van der Waals surface area contributed by atoms with Crippen LogP contribution < -0.4 is 0 Å².